The largest absolute Gasteiger partial charge is 0.496 e. The molecule has 144 valence electrons. The van der Waals surface area contributed by atoms with Crippen LogP contribution in [0.4, 0.5) is 5.69 Å². The number of amides is 1. The first-order valence-corrected chi connectivity index (χ1v) is 8.90. The summed E-state index contributed by atoms with van der Waals surface area (Å²) in [6.45, 7) is 9.70. The molecule has 0 aliphatic rings. The van der Waals surface area contributed by atoms with Crippen molar-refractivity contribution in [3.8, 4) is 5.75 Å². The van der Waals surface area contributed by atoms with Crippen LogP contribution in [0.3, 0.4) is 0 Å². The van der Waals surface area contributed by atoms with E-state index in [-0.39, 0.29) is 29.1 Å². The van der Waals surface area contributed by atoms with Crippen LogP contribution in [-0.2, 0) is 0 Å². The second-order valence-electron chi connectivity index (χ2n) is 7.06. The number of nitrogens with one attached hydrogen (secondary N) is 1. The first-order chi connectivity index (χ1) is 12.6. The number of aryl methyl sites for hydroxylation is 2. The van der Waals surface area contributed by atoms with Crippen molar-refractivity contribution in [1.29, 1.82) is 0 Å². The van der Waals surface area contributed by atoms with Gasteiger partial charge in [0, 0.05) is 17.2 Å². The van der Waals surface area contributed by atoms with E-state index in [1.54, 1.807) is 26.2 Å². The zero-order valence-corrected chi connectivity index (χ0v) is 16.6. The summed E-state index contributed by atoms with van der Waals surface area (Å²) in [4.78, 5) is 23.2. The third kappa shape index (κ3) is 4.45. The van der Waals surface area contributed by atoms with Crippen molar-refractivity contribution >= 4 is 11.6 Å². The molecule has 6 nitrogen and oxygen atoms in total. The fourth-order valence-electron chi connectivity index (χ4n) is 3.12. The molecule has 2 rings (SSSR count). The summed E-state index contributed by atoms with van der Waals surface area (Å²) in [5, 5.41) is 14.0. The zero-order valence-electron chi connectivity index (χ0n) is 16.6. The van der Waals surface area contributed by atoms with Gasteiger partial charge in [-0.15, -0.1) is 0 Å². The van der Waals surface area contributed by atoms with Gasteiger partial charge in [-0.3, -0.25) is 14.9 Å². The Bertz CT molecular complexity index is 875. The highest BCUT2D eigenvalue weighted by molar-refractivity contribution is 5.95. The number of carbonyl (C=O) groups excluding carboxylic acids is 1. The van der Waals surface area contributed by atoms with Crippen LogP contribution in [0.15, 0.2) is 30.3 Å². The highest BCUT2D eigenvalue weighted by Gasteiger charge is 2.19. The Morgan fingerprint density at radius 3 is 2.30 bits per heavy atom. The first-order valence-electron chi connectivity index (χ1n) is 8.90. The van der Waals surface area contributed by atoms with Gasteiger partial charge < -0.3 is 10.1 Å². The van der Waals surface area contributed by atoms with Crippen LogP contribution in [0.2, 0.25) is 0 Å². The van der Waals surface area contributed by atoms with Gasteiger partial charge in [0.05, 0.1) is 18.1 Å². The van der Waals surface area contributed by atoms with Crippen LogP contribution < -0.4 is 10.1 Å². The monoisotopic (exact) mass is 370 g/mol. The predicted octanol–water partition coefficient (Wildman–Crippen LogP) is 4.83. The lowest BCUT2D eigenvalue weighted by atomic mass is 9.93. The van der Waals surface area contributed by atoms with Crippen LogP contribution in [0.25, 0.3) is 0 Å². The van der Waals surface area contributed by atoms with Crippen molar-refractivity contribution in [2.24, 2.45) is 0 Å². The number of hydrogen-bond acceptors (Lipinski definition) is 4. The Morgan fingerprint density at radius 2 is 1.74 bits per heavy atom. The number of hydrogen-bond donors (Lipinski definition) is 1. The summed E-state index contributed by atoms with van der Waals surface area (Å²) in [6.07, 6.45) is 0. The van der Waals surface area contributed by atoms with E-state index in [0.29, 0.717) is 5.56 Å². The third-order valence-corrected chi connectivity index (χ3v) is 4.72. The van der Waals surface area contributed by atoms with E-state index in [1.165, 1.54) is 6.07 Å². The Kier molecular flexibility index (Phi) is 6.20. The van der Waals surface area contributed by atoms with Crippen LogP contribution in [0, 0.1) is 24.0 Å². The highest BCUT2D eigenvalue weighted by atomic mass is 16.6. The number of ether oxygens (including phenoxy) is 1. The maximum Gasteiger partial charge on any atom is 0.273 e. The van der Waals surface area contributed by atoms with Gasteiger partial charge in [0.25, 0.3) is 11.6 Å². The van der Waals surface area contributed by atoms with Gasteiger partial charge in [0.15, 0.2) is 0 Å². The molecule has 0 aromatic heterocycles. The van der Waals surface area contributed by atoms with Crippen molar-refractivity contribution in [3.63, 3.8) is 0 Å². The molecule has 0 aliphatic heterocycles. The average Bonchev–Trinajstić information content (AvgIpc) is 2.60. The van der Waals surface area contributed by atoms with Gasteiger partial charge in [-0.2, -0.15) is 0 Å². The highest BCUT2D eigenvalue weighted by Crippen LogP contribution is 2.32. The van der Waals surface area contributed by atoms with Crippen LogP contribution in [-0.4, -0.2) is 17.9 Å². The van der Waals surface area contributed by atoms with Gasteiger partial charge in [-0.25, -0.2) is 0 Å². The fourth-order valence-corrected chi connectivity index (χ4v) is 3.12. The standard InChI is InChI=1S/C21H26N2O4/c1-12(2)17-11-18(14(4)9-20(17)27-6)15(5)22-21(24)16-8-7-13(3)19(10-16)23(25)26/h7-12,15H,1-6H3,(H,22,24)/t15-/m0/s1. The van der Waals surface area contributed by atoms with E-state index >= 15 is 0 Å². The number of nitrogens with zero attached hydrogens (tertiary/aromatic N) is 1. The number of nitro benzene ring substituents is 1. The molecule has 0 saturated heterocycles. The summed E-state index contributed by atoms with van der Waals surface area (Å²) in [5.74, 6) is 0.771. The molecule has 0 spiro atoms. The number of benzene rings is 2. The molecule has 0 bridgehead atoms. The molecule has 1 atom stereocenters. The molecule has 0 radical (unpaired) electrons. The van der Waals surface area contributed by atoms with Gasteiger partial charge in [0.2, 0.25) is 0 Å². The maximum atomic E-state index is 12.6. The number of rotatable bonds is 6. The lowest BCUT2D eigenvalue weighted by molar-refractivity contribution is -0.385. The van der Waals surface area contributed by atoms with E-state index in [9.17, 15) is 14.9 Å². The molecule has 0 heterocycles. The zero-order chi connectivity index (χ0) is 20.3. The van der Waals surface area contributed by atoms with Crippen molar-refractivity contribution < 1.29 is 14.5 Å². The summed E-state index contributed by atoms with van der Waals surface area (Å²) in [5.41, 5.74) is 3.82. The van der Waals surface area contributed by atoms with Crippen molar-refractivity contribution in [2.45, 2.75) is 46.6 Å². The van der Waals surface area contributed by atoms with Gasteiger partial charge in [-0.1, -0.05) is 19.9 Å². The van der Waals surface area contributed by atoms with Crippen molar-refractivity contribution in [1.82, 2.24) is 5.32 Å². The van der Waals surface area contributed by atoms with Crippen molar-refractivity contribution in [2.75, 3.05) is 7.11 Å². The molecule has 1 N–H and O–H groups in total. The lowest BCUT2D eigenvalue weighted by Gasteiger charge is -2.21. The molecular formula is C21H26N2O4. The number of nitro groups is 1. The number of methoxy groups -OCH3 is 1. The lowest BCUT2D eigenvalue weighted by Crippen LogP contribution is -2.27. The Hall–Kier alpha value is -2.89. The van der Waals surface area contributed by atoms with E-state index in [1.807, 2.05) is 19.9 Å². The summed E-state index contributed by atoms with van der Waals surface area (Å²) < 4.78 is 5.47. The van der Waals surface area contributed by atoms with Gasteiger partial charge >= 0.3 is 0 Å². The molecular weight excluding hydrogens is 344 g/mol. The predicted molar refractivity (Wildman–Crippen MR) is 106 cm³/mol. The molecule has 0 aliphatic carbocycles. The van der Waals surface area contributed by atoms with E-state index < -0.39 is 4.92 Å². The van der Waals surface area contributed by atoms with E-state index in [2.05, 4.69) is 25.2 Å². The quantitative estimate of drug-likeness (QED) is 0.583. The fraction of sp³-hybridized carbons (Fsp3) is 0.381. The van der Waals surface area contributed by atoms with Gasteiger partial charge in [-0.05, 0) is 61.6 Å². The SMILES string of the molecule is COc1cc(C)c([C@H](C)NC(=O)c2ccc(C)c([N+](=O)[O-])c2)cc1C(C)C. The minimum absolute atomic E-state index is 0.0574. The van der Waals surface area contributed by atoms with E-state index in [0.717, 1.165) is 22.4 Å². The minimum atomic E-state index is -0.474. The molecule has 2 aromatic carbocycles. The Labute approximate surface area is 159 Å². The topological polar surface area (TPSA) is 81.5 Å². The normalized spacial score (nSPS) is 12.0. The molecule has 2 aromatic rings. The minimum Gasteiger partial charge on any atom is -0.496 e. The maximum absolute atomic E-state index is 12.6. The van der Waals surface area contributed by atoms with E-state index in [4.69, 9.17) is 4.74 Å². The molecule has 6 heteroatoms. The van der Waals surface area contributed by atoms with Crippen LogP contribution in [0.5, 0.6) is 5.75 Å². The molecule has 0 unspecified atom stereocenters. The second kappa shape index (κ2) is 8.20. The molecule has 0 saturated carbocycles. The molecule has 1 amide bonds. The second-order valence-corrected chi connectivity index (χ2v) is 7.06. The third-order valence-electron chi connectivity index (χ3n) is 4.72. The summed E-state index contributed by atoms with van der Waals surface area (Å²) in [6, 6.07) is 8.29. The Morgan fingerprint density at radius 1 is 1.07 bits per heavy atom. The first kappa shape index (κ1) is 20.4. The van der Waals surface area contributed by atoms with Crippen molar-refractivity contribution in [3.05, 3.63) is 68.3 Å². The summed E-state index contributed by atoms with van der Waals surface area (Å²) >= 11 is 0. The number of carbonyl (C=O) groups is 1. The van der Waals surface area contributed by atoms with Crippen LogP contribution in [0.1, 0.15) is 65.3 Å². The molecule has 0 fully saturated rings. The average molecular weight is 370 g/mol. The smallest absolute Gasteiger partial charge is 0.273 e. The Balaban J connectivity index is 2.30. The summed E-state index contributed by atoms with van der Waals surface area (Å²) in [7, 11) is 1.65. The van der Waals surface area contributed by atoms with Crippen LogP contribution >= 0.6 is 0 Å². The van der Waals surface area contributed by atoms with Gasteiger partial charge in [0.1, 0.15) is 5.75 Å². The molecule has 27 heavy (non-hydrogen) atoms.